The monoisotopic (exact) mass is 374 g/mol. The number of benzene rings is 1. The van der Waals surface area contributed by atoms with Crippen molar-refractivity contribution >= 4 is 28.2 Å². The summed E-state index contributed by atoms with van der Waals surface area (Å²) in [5, 5.41) is 12.4. The lowest BCUT2D eigenvalue weighted by Gasteiger charge is -2.12. The fraction of sp³-hybridized carbons (Fsp3) is 0.278. The van der Waals surface area contributed by atoms with Gasteiger partial charge in [0.25, 0.3) is 5.91 Å². The maximum Gasteiger partial charge on any atom is 0.348 e. The van der Waals surface area contributed by atoms with Crippen molar-refractivity contribution in [3.63, 3.8) is 0 Å². The van der Waals surface area contributed by atoms with Crippen LogP contribution in [-0.2, 0) is 4.74 Å². The van der Waals surface area contributed by atoms with E-state index in [9.17, 15) is 14.9 Å². The number of amides is 1. The quantitative estimate of drug-likeness (QED) is 0.779. The molecule has 0 atom stereocenters. The SMILES string of the molecule is CCOC(=O)c1sc(NC(=O)c2c(OC)cccc2OC)c(C#N)c1C. The summed E-state index contributed by atoms with van der Waals surface area (Å²) < 4.78 is 15.4. The molecule has 1 amide bonds. The van der Waals surface area contributed by atoms with E-state index in [-0.39, 0.29) is 27.6 Å². The van der Waals surface area contributed by atoms with Crippen molar-refractivity contribution in [1.29, 1.82) is 5.26 Å². The van der Waals surface area contributed by atoms with E-state index < -0.39 is 11.9 Å². The Morgan fingerprint density at radius 1 is 1.23 bits per heavy atom. The molecule has 1 aromatic carbocycles. The van der Waals surface area contributed by atoms with E-state index in [1.807, 2.05) is 6.07 Å². The molecular formula is C18H18N2O5S. The number of rotatable bonds is 6. The van der Waals surface area contributed by atoms with Gasteiger partial charge < -0.3 is 19.5 Å². The first kappa shape index (κ1) is 19.3. The van der Waals surface area contributed by atoms with Gasteiger partial charge in [0.15, 0.2) is 0 Å². The summed E-state index contributed by atoms with van der Waals surface area (Å²) in [7, 11) is 2.89. The zero-order valence-corrected chi connectivity index (χ0v) is 15.7. The lowest BCUT2D eigenvalue weighted by molar-refractivity contribution is 0.0531. The molecule has 2 aromatic rings. The number of nitriles is 1. The third-order valence-electron chi connectivity index (χ3n) is 3.60. The highest BCUT2D eigenvalue weighted by atomic mass is 32.1. The van der Waals surface area contributed by atoms with Crippen LogP contribution in [0.5, 0.6) is 11.5 Å². The van der Waals surface area contributed by atoms with Crippen LogP contribution < -0.4 is 14.8 Å². The minimum atomic E-state index is -0.526. The molecule has 0 aliphatic carbocycles. The lowest BCUT2D eigenvalue weighted by Crippen LogP contribution is -2.14. The highest BCUT2D eigenvalue weighted by molar-refractivity contribution is 7.18. The van der Waals surface area contributed by atoms with E-state index in [0.717, 1.165) is 11.3 Å². The minimum Gasteiger partial charge on any atom is -0.496 e. The van der Waals surface area contributed by atoms with Crippen LogP contribution >= 0.6 is 11.3 Å². The summed E-state index contributed by atoms with van der Waals surface area (Å²) >= 11 is 0.998. The van der Waals surface area contributed by atoms with E-state index in [4.69, 9.17) is 14.2 Å². The third kappa shape index (κ3) is 3.63. The summed E-state index contributed by atoms with van der Waals surface area (Å²) in [6, 6.07) is 6.98. The Morgan fingerprint density at radius 3 is 2.35 bits per heavy atom. The first-order valence-corrected chi connectivity index (χ1v) is 8.53. The number of hydrogen-bond donors (Lipinski definition) is 1. The fourth-order valence-electron chi connectivity index (χ4n) is 2.37. The minimum absolute atomic E-state index is 0.199. The van der Waals surface area contributed by atoms with Gasteiger partial charge in [-0.1, -0.05) is 6.07 Å². The summed E-state index contributed by atoms with van der Waals surface area (Å²) in [5.41, 5.74) is 0.892. The average molecular weight is 374 g/mol. The topological polar surface area (TPSA) is 97.7 Å². The smallest absolute Gasteiger partial charge is 0.348 e. The van der Waals surface area contributed by atoms with Crippen molar-refractivity contribution < 1.29 is 23.8 Å². The van der Waals surface area contributed by atoms with Crippen molar-refractivity contribution in [2.45, 2.75) is 13.8 Å². The van der Waals surface area contributed by atoms with Gasteiger partial charge in [0, 0.05) is 0 Å². The number of carbonyl (C=O) groups excluding carboxylic acids is 2. The molecule has 0 unspecified atom stereocenters. The molecule has 0 spiro atoms. The first-order valence-electron chi connectivity index (χ1n) is 7.71. The van der Waals surface area contributed by atoms with Gasteiger partial charge in [-0.25, -0.2) is 4.79 Å². The molecule has 2 rings (SSSR count). The maximum atomic E-state index is 12.8. The van der Waals surface area contributed by atoms with Crippen molar-refractivity contribution in [2.24, 2.45) is 0 Å². The Kier molecular flexibility index (Phi) is 6.20. The molecule has 8 heteroatoms. The normalized spacial score (nSPS) is 9.96. The van der Waals surface area contributed by atoms with Crippen LogP contribution in [0.3, 0.4) is 0 Å². The van der Waals surface area contributed by atoms with E-state index in [2.05, 4.69) is 5.32 Å². The molecule has 0 fully saturated rings. The molecule has 0 aliphatic rings. The van der Waals surface area contributed by atoms with Crippen molar-refractivity contribution in [1.82, 2.24) is 0 Å². The third-order valence-corrected chi connectivity index (χ3v) is 4.79. The summed E-state index contributed by atoms with van der Waals surface area (Å²) in [4.78, 5) is 25.1. The molecule has 7 nitrogen and oxygen atoms in total. The van der Waals surface area contributed by atoms with E-state index >= 15 is 0 Å². The number of hydrogen-bond acceptors (Lipinski definition) is 7. The number of thiophene rings is 1. The van der Waals surface area contributed by atoms with Crippen molar-refractivity contribution in [3.8, 4) is 17.6 Å². The molecular weight excluding hydrogens is 356 g/mol. The molecule has 0 saturated carbocycles. The first-order chi connectivity index (χ1) is 12.5. The van der Waals surface area contributed by atoms with Crippen molar-refractivity contribution in [3.05, 3.63) is 39.8 Å². The van der Waals surface area contributed by atoms with Crippen molar-refractivity contribution in [2.75, 3.05) is 26.1 Å². The molecule has 0 bridgehead atoms. The Hall–Kier alpha value is -3.05. The number of anilines is 1. The highest BCUT2D eigenvalue weighted by Crippen LogP contribution is 2.35. The summed E-state index contributed by atoms with van der Waals surface area (Å²) in [6.45, 7) is 3.56. The van der Waals surface area contributed by atoms with E-state index in [0.29, 0.717) is 17.1 Å². The number of carbonyl (C=O) groups is 2. The van der Waals surface area contributed by atoms with E-state index in [1.165, 1.54) is 14.2 Å². The fourth-order valence-corrected chi connectivity index (χ4v) is 3.41. The van der Waals surface area contributed by atoms with Crippen LogP contribution in [0.25, 0.3) is 0 Å². The summed E-state index contributed by atoms with van der Waals surface area (Å²) in [5.74, 6) is -0.368. The van der Waals surface area contributed by atoms with Gasteiger partial charge in [-0.3, -0.25) is 4.79 Å². The second kappa shape index (κ2) is 8.36. The lowest BCUT2D eigenvalue weighted by atomic mass is 10.1. The molecule has 0 saturated heterocycles. The van der Waals surface area contributed by atoms with E-state index in [1.54, 1.807) is 32.0 Å². The molecule has 0 aliphatic heterocycles. The molecule has 1 heterocycles. The van der Waals surface area contributed by atoms with Gasteiger partial charge in [-0.2, -0.15) is 5.26 Å². The predicted molar refractivity (Wildman–Crippen MR) is 97.2 cm³/mol. The number of ether oxygens (including phenoxy) is 3. The second-order valence-corrected chi connectivity index (χ2v) is 6.10. The van der Waals surface area contributed by atoms with Gasteiger partial charge in [0.2, 0.25) is 0 Å². The largest absolute Gasteiger partial charge is 0.496 e. The standard InChI is InChI=1S/C18H18N2O5S/c1-5-25-18(22)15-10(2)11(9-19)17(26-15)20-16(21)14-12(23-3)7-6-8-13(14)24-4/h6-8H,5H2,1-4H3,(H,20,21). The highest BCUT2D eigenvalue weighted by Gasteiger charge is 2.25. The molecule has 1 aromatic heterocycles. The van der Waals surface area contributed by atoms with Crippen LogP contribution in [0.1, 0.15) is 38.1 Å². The predicted octanol–water partition coefficient (Wildman–Crippen LogP) is 3.37. The number of esters is 1. The maximum absolute atomic E-state index is 12.8. The van der Waals surface area contributed by atoms with Gasteiger partial charge in [0.1, 0.15) is 33.0 Å². The number of nitrogens with zero attached hydrogens (tertiary/aromatic N) is 1. The zero-order chi connectivity index (χ0) is 19.3. The van der Waals surface area contributed by atoms with Gasteiger partial charge in [-0.05, 0) is 31.5 Å². The average Bonchev–Trinajstić information content (AvgIpc) is 2.96. The van der Waals surface area contributed by atoms with Gasteiger partial charge in [-0.15, -0.1) is 11.3 Å². The van der Waals surface area contributed by atoms with Crippen LogP contribution in [0.15, 0.2) is 18.2 Å². The van der Waals surface area contributed by atoms with Crippen LogP contribution in [0, 0.1) is 18.3 Å². The number of methoxy groups -OCH3 is 2. The molecule has 26 heavy (non-hydrogen) atoms. The molecule has 136 valence electrons. The van der Waals surface area contributed by atoms with Crippen LogP contribution in [0.4, 0.5) is 5.00 Å². The number of nitrogens with one attached hydrogen (secondary N) is 1. The Morgan fingerprint density at radius 2 is 1.85 bits per heavy atom. The van der Waals surface area contributed by atoms with Crippen LogP contribution in [0.2, 0.25) is 0 Å². The molecule has 0 radical (unpaired) electrons. The Balaban J connectivity index is 2.44. The zero-order valence-electron chi connectivity index (χ0n) is 14.8. The van der Waals surface area contributed by atoms with Gasteiger partial charge in [0.05, 0.1) is 26.4 Å². The van der Waals surface area contributed by atoms with Gasteiger partial charge >= 0.3 is 5.97 Å². The Labute approximate surface area is 155 Å². The molecule has 1 N–H and O–H groups in total. The summed E-state index contributed by atoms with van der Waals surface area (Å²) in [6.07, 6.45) is 0. The van der Waals surface area contributed by atoms with Crippen LogP contribution in [-0.4, -0.2) is 32.7 Å². The Bertz CT molecular complexity index is 860. The second-order valence-electron chi connectivity index (χ2n) is 5.08.